The lowest BCUT2D eigenvalue weighted by molar-refractivity contribution is -0.138. The van der Waals surface area contributed by atoms with Crippen LogP contribution in [0.5, 0.6) is 0 Å². The predicted octanol–water partition coefficient (Wildman–Crippen LogP) is 5.54. The number of fused-ring (bicyclic) bond motifs is 1. The van der Waals surface area contributed by atoms with Gasteiger partial charge in [-0.3, -0.25) is 9.69 Å². The molecular weight excluding hydrogens is 597 g/mol. The number of nitrogens with one attached hydrogen (secondary N) is 2. The van der Waals surface area contributed by atoms with Gasteiger partial charge >= 0.3 is 6.18 Å². The minimum Gasteiger partial charge on any atom is -0.377 e. The van der Waals surface area contributed by atoms with Crippen LogP contribution in [-0.2, 0) is 31.1 Å². The molecule has 2 aromatic carbocycles. The van der Waals surface area contributed by atoms with Crippen molar-refractivity contribution in [1.82, 2.24) is 25.1 Å². The Morgan fingerprint density at radius 1 is 1.11 bits per heavy atom. The van der Waals surface area contributed by atoms with Crippen LogP contribution in [0, 0.1) is 17.2 Å². The lowest BCUT2D eigenvalue weighted by Crippen LogP contribution is -2.57. The van der Waals surface area contributed by atoms with Crippen LogP contribution in [0.3, 0.4) is 0 Å². The maximum atomic E-state index is 14.4. The Bertz CT molecular complexity index is 1860. The van der Waals surface area contributed by atoms with E-state index in [0.29, 0.717) is 59.2 Å². The number of pyridine rings is 1. The Morgan fingerprint density at radius 3 is 2.52 bits per heavy atom. The fraction of sp³-hybridized carbons (Fsp3) is 0.364. The number of nitrogens with zero attached hydrogens (tertiary/aromatic N) is 6. The van der Waals surface area contributed by atoms with Crippen LogP contribution < -0.4 is 15.5 Å². The monoisotopic (exact) mass is 630 g/mol. The molecule has 0 radical (unpaired) electrons. The summed E-state index contributed by atoms with van der Waals surface area (Å²) in [5, 5.41) is 24.5. The van der Waals surface area contributed by atoms with Gasteiger partial charge in [0.2, 0.25) is 0 Å². The second kappa shape index (κ2) is 11.9. The molecule has 2 aliphatic heterocycles. The highest BCUT2D eigenvalue weighted by Crippen LogP contribution is 2.41. The number of benzene rings is 2. The third-order valence-corrected chi connectivity index (χ3v) is 8.16. The number of aromatic nitrogens is 4. The van der Waals surface area contributed by atoms with Crippen LogP contribution in [0.25, 0.3) is 22.5 Å². The zero-order valence-electron chi connectivity index (χ0n) is 25.9. The van der Waals surface area contributed by atoms with Crippen molar-refractivity contribution in [2.75, 3.05) is 30.0 Å². The van der Waals surface area contributed by atoms with Gasteiger partial charge in [-0.05, 0) is 77.6 Å². The molecule has 0 atom stereocenters. The highest BCUT2D eigenvalue weighted by atomic mass is 19.4. The third kappa shape index (κ3) is 6.05. The predicted molar refractivity (Wildman–Crippen MR) is 166 cm³/mol. The van der Waals surface area contributed by atoms with Gasteiger partial charge in [0.1, 0.15) is 18.0 Å². The van der Waals surface area contributed by atoms with Crippen LogP contribution in [-0.4, -0.2) is 51.0 Å². The summed E-state index contributed by atoms with van der Waals surface area (Å²) in [5.74, 6) is 0.867. The normalized spacial score (nSPS) is 15.5. The summed E-state index contributed by atoms with van der Waals surface area (Å²) < 4.78 is 50.2. The number of nitriles is 1. The highest BCUT2D eigenvalue weighted by molar-refractivity contribution is 6.10. The van der Waals surface area contributed by atoms with Crippen LogP contribution in [0.2, 0.25) is 0 Å². The molecule has 0 unspecified atom stereocenters. The maximum Gasteiger partial charge on any atom is 0.416 e. The molecule has 238 valence electrons. The van der Waals surface area contributed by atoms with E-state index in [2.05, 4.69) is 31.9 Å². The molecule has 2 aromatic heterocycles. The highest BCUT2D eigenvalue weighted by Gasteiger charge is 2.41. The number of ether oxygens (including phenoxy) is 1. The number of rotatable bonds is 9. The van der Waals surface area contributed by atoms with E-state index in [9.17, 15) is 23.2 Å². The number of aryl methyl sites for hydroxylation is 1. The van der Waals surface area contributed by atoms with Gasteiger partial charge in [0.05, 0.1) is 42.5 Å². The van der Waals surface area contributed by atoms with E-state index in [0.717, 1.165) is 6.07 Å². The fourth-order valence-electron chi connectivity index (χ4n) is 5.62. The zero-order chi connectivity index (χ0) is 32.8. The Morgan fingerprint density at radius 2 is 1.89 bits per heavy atom. The van der Waals surface area contributed by atoms with Gasteiger partial charge < -0.3 is 19.9 Å². The molecule has 2 N–H and O–H groups in total. The Kier molecular flexibility index (Phi) is 8.04. The fourth-order valence-corrected chi connectivity index (χ4v) is 5.62. The summed E-state index contributed by atoms with van der Waals surface area (Å²) in [6, 6.07) is 13.4. The standard InChI is InChI=1S/C33H33F3N8O2/c1-19(2)13-38-28-10-22(24-7-20(12-37)5-6-23(24)30-42-40-18-43(30)4)11-29(41-28)44-15-26-25(31(44)45)8-21(9-27(26)33(34,35)36)14-39-32(3)16-46-17-32/h5-11,18-19,39H,13-17H2,1-4H3,(H,38,41). The molecular formula is C33H33F3N8O2. The number of hydrogen-bond donors (Lipinski definition) is 2. The Hall–Kier alpha value is -4.80. The number of alkyl halides is 3. The van der Waals surface area contributed by atoms with Gasteiger partial charge in [-0.2, -0.15) is 18.4 Å². The number of carbonyl (C=O) groups is 1. The van der Waals surface area contributed by atoms with E-state index in [1.54, 1.807) is 48.3 Å². The molecule has 10 nitrogen and oxygen atoms in total. The maximum absolute atomic E-state index is 14.4. The molecule has 0 saturated carbocycles. The lowest BCUT2D eigenvalue weighted by Gasteiger charge is -2.39. The molecule has 6 rings (SSSR count). The molecule has 46 heavy (non-hydrogen) atoms. The van der Waals surface area contributed by atoms with Crippen molar-refractivity contribution < 1.29 is 22.7 Å². The first-order valence-electron chi connectivity index (χ1n) is 14.9. The number of halogens is 3. The topological polar surface area (TPSA) is 121 Å². The summed E-state index contributed by atoms with van der Waals surface area (Å²) >= 11 is 0. The van der Waals surface area contributed by atoms with Crippen LogP contribution in [0.15, 0.2) is 48.8 Å². The van der Waals surface area contributed by atoms with E-state index < -0.39 is 17.6 Å². The zero-order valence-corrected chi connectivity index (χ0v) is 25.9. The summed E-state index contributed by atoms with van der Waals surface area (Å²) in [7, 11) is 1.80. The minimum atomic E-state index is -4.66. The number of carbonyl (C=O) groups excluding carboxylic acids is 1. The first-order chi connectivity index (χ1) is 21.8. The van der Waals surface area contributed by atoms with Crippen molar-refractivity contribution >= 4 is 17.5 Å². The first-order valence-corrected chi connectivity index (χ1v) is 14.9. The average molecular weight is 631 g/mol. The first kappa shape index (κ1) is 31.2. The van der Waals surface area contributed by atoms with Crippen molar-refractivity contribution in [3.05, 3.63) is 76.6 Å². The van der Waals surface area contributed by atoms with E-state index in [-0.39, 0.29) is 41.5 Å². The lowest BCUT2D eigenvalue weighted by atomic mass is 9.97. The molecule has 0 aliphatic carbocycles. The molecule has 4 aromatic rings. The molecule has 13 heteroatoms. The Labute approximate surface area is 264 Å². The van der Waals surface area contributed by atoms with Crippen molar-refractivity contribution in [2.45, 2.75) is 45.6 Å². The van der Waals surface area contributed by atoms with Crippen LogP contribution in [0.1, 0.15) is 53.4 Å². The van der Waals surface area contributed by atoms with Crippen molar-refractivity contribution in [1.29, 1.82) is 5.26 Å². The second-order valence-corrected chi connectivity index (χ2v) is 12.5. The molecule has 4 heterocycles. The smallest absolute Gasteiger partial charge is 0.377 e. The van der Waals surface area contributed by atoms with E-state index >= 15 is 0 Å². The quantitative estimate of drug-likeness (QED) is 0.247. The Balaban J connectivity index is 1.44. The molecule has 1 saturated heterocycles. The van der Waals surface area contributed by atoms with Gasteiger partial charge in [-0.25, -0.2) is 4.98 Å². The number of amides is 1. The van der Waals surface area contributed by atoms with E-state index in [4.69, 9.17) is 4.74 Å². The SMILES string of the molecule is CC(C)CNc1cc(-c2cc(C#N)ccc2-c2nncn2C)cc(N2Cc3c(cc(CNC4(C)COC4)cc3C(F)(F)F)C2=O)n1. The van der Waals surface area contributed by atoms with E-state index in [1.165, 1.54) is 11.0 Å². The number of anilines is 2. The van der Waals surface area contributed by atoms with Gasteiger partial charge in [-0.15, -0.1) is 10.2 Å². The van der Waals surface area contributed by atoms with E-state index in [1.807, 2.05) is 20.8 Å². The summed E-state index contributed by atoms with van der Waals surface area (Å²) in [5.41, 5.74) is 1.42. The second-order valence-electron chi connectivity index (χ2n) is 12.5. The van der Waals surface area contributed by atoms with Gasteiger partial charge in [0.15, 0.2) is 5.82 Å². The molecule has 2 aliphatic rings. The number of hydrogen-bond acceptors (Lipinski definition) is 8. The summed E-state index contributed by atoms with van der Waals surface area (Å²) in [6.45, 7) is 7.35. The molecule has 0 spiro atoms. The summed E-state index contributed by atoms with van der Waals surface area (Å²) in [4.78, 5) is 19.9. The molecule has 1 fully saturated rings. The third-order valence-electron chi connectivity index (χ3n) is 8.16. The molecule has 1 amide bonds. The molecule has 0 bridgehead atoms. The van der Waals surface area contributed by atoms with Gasteiger partial charge in [-0.1, -0.05) is 13.8 Å². The van der Waals surface area contributed by atoms with Gasteiger partial charge in [0.25, 0.3) is 5.91 Å². The average Bonchev–Trinajstić information content (AvgIpc) is 3.59. The van der Waals surface area contributed by atoms with Crippen LogP contribution in [0.4, 0.5) is 24.8 Å². The summed E-state index contributed by atoms with van der Waals surface area (Å²) in [6.07, 6.45) is -3.10. The minimum absolute atomic E-state index is 0.00298. The van der Waals surface area contributed by atoms with Gasteiger partial charge in [0, 0.05) is 31.3 Å². The van der Waals surface area contributed by atoms with Crippen LogP contribution >= 0.6 is 0 Å². The van der Waals surface area contributed by atoms with Crippen molar-refractivity contribution in [3.63, 3.8) is 0 Å². The van der Waals surface area contributed by atoms with Crippen molar-refractivity contribution in [3.8, 4) is 28.6 Å². The van der Waals surface area contributed by atoms with Crippen molar-refractivity contribution in [2.24, 2.45) is 13.0 Å². The largest absolute Gasteiger partial charge is 0.416 e.